The summed E-state index contributed by atoms with van der Waals surface area (Å²) in [7, 11) is 0. The third-order valence-corrected chi connectivity index (χ3v) is 5.13. The van der Waals surface area contributed by atoms with Crippen molar-refractivity contribution in [3.63, 3.8) is 0 Å². The molecule has 6 nitrogen and oxygen atoms in total. The molecule has 1 aliphatic rings. The van der Waals surface area contributed by atoms with E-state index in [4.69, 9.17) is 4.52 Å². The number of piperidine rings is 1. The first-order chi connectivity index (χ1) is 11.4. The van der Waals surface area contributed by atoms with Crippen LogP contribution in [0, 0.1) is 0 Å². The highest BCUT2D eigenvalue weighted by Gasteiger charge is 2.29. The van der Waals surface area contributed by atoms with E-state index in [1.165, 1.54) is 0 Å². The minimum atomic E-state index is -0.144. The predicted molar refractivity (Wildman–Crippen MR) is 91.7 cm³/mol. The van der Waals surface area contributed by atoms with E-state index in [9.17, 15) is 4.79 Å². The molecule has 7 heteroatoms. The van der Waals surface area contributed by atoms with Crippen LogP contribution in [-0.4, -0.2) is 32.5 Å². The van der Waals surface area contributed by atoms with Crippen LogP contribution in [0.3, 0.4) is 0 Å². The van der Waals surface area contributed by atoms with Crippen molar-refractivity contribution in [3.8, 4) is 0 Å². The number of nitrogens with zero attached hydrogens (tertiary/aromatic N) is 4. The highest BCUT2D eigenvalue weighted by molar-refractivity contribution is 7.09. The molecule has 0 aromatic carbocycles. The van der Waals surface area contributed by atoms with Gasteiger partial charge in [-0.25, -0.2) is 4.98 Å². The van der Waals surface area contributed by atoms with E-state index in [2.05, 4.69) is 15.1 Å². The summed E-state index contributed by atoms with van der Waals surface area (Å²) in [4.78, 5) is 23.5. The van der Waals surface area contributed by atoms with Gasteiger partial charge in [0.05, 0.1) is 6.04 Å². The van der Waals surface area contributed by atoms with Crippen molar-refractivity contribution in [3.05, 3.63) is 28.3 Å². The van der Waals surface area contributed by atoms with Gasteiger partial charge in [-0.1, -0.05) is 25.9 Å². The van der Waals surface area contributed by atoms with Gasteiger partial charge in [0.1, 0.15) is 5.01 Å². The third-order valence-electron chi connectivity index (χ3n) is 4.25. The summed E-state index contributed by atoms with van der Waals surface area (Å²) in [6, 6.07) is 0.124. The van der Waals surface area contributed by atoms with Gasteiger partial charge >= 0.3 is 0 Å². The van der Waals surface area contributed by atoms with Crippen LogP contribution in [-0.2, 0) is 16.6 Å². The number of rotatable bonds is 4. The summed E-state index contributed by atoms with van der Waals surface area (Å²) < 4.78 is 5.29. The molecule has 0 saturated carbocycles. The van der Waals surface area contributed by atoms with Gasteiger partial charge in [-0.15, -0.1) is 11.3 Å². The second-order valence-electron chi connectivity index (χ2n) is 7.23. The van der Waals surface area contributed by atoms with Gasteiger partial charge in [0.15, 0.2) is 5.82 Å². The van der Waals surface area contributed by atoms with Gasteiger partial charge in [0.2, 0.25) is 11.8 Å². The van der Waals surface area contributed by atoms with Crippen molar-refractivity contribution in [2.45, 2.75) is 64.3 Å². The van der Waals surface area contributed by atoms with Crippen LogP contribution in [0.25, 0.3) is 0 Å². The molecular formula is C17H24N4O2S. The van der Waals surface area contributed by atoms with Crippen molar-refractivity contribution < 1.29 is 9.32 Å². The molecule has 3 rings (SSSR count). The van der Waals surface area contributed by atoms with Crippen LogP contribution in [0.2, 0.25) is 0 Å². The largest absolute Gasteiger partial charge is 0.339 e. The lowest BCUT2D eigenvalue weighted by Crippen LogP contribution is -2.38. The van der Waals surface area contributed by atoms with Crippen LogP contribution in [0.15, 0.2) is 16.1 Å². The SMILES string of the molecule is CC(C)(C)c1noc(CCC(=O)N2CCCCC2c2nccs2)n1. The fourth-order valence-corrected chi connectivity index (χ4v) is 3.69. The number of thiazole rings is 1. The average molecular weight is 348 g/mol. The molecule has 2 aromatic heterocycles. The van der Waals surface area contributed by atoms with Crippen LogP contribution in [0.5, 0.6) is 0 Å². The van der Waals surface area contributed by atoms with Crippen molar-refractivity contribution in [1.82, 2.24) is 20.0 Å². The zero-order chi connectivity index (χ0) is 17.2. The van der Waals surface area contributed by atoms with Crippen LogP contribution in [0.4, 0.5) is 0 Å². The molecule has 1 fully saturated rings. The quantitative estimate of drug-likeness (QED) is 0.845. The summed E-state index contributed by atoms with van der Waals surface area (Å²) in [5.74, 6) is 1.37. The maximum absolute atomic E-state index is 12.7. The van der Waals surface area contributed by atoms with Crippen molar-refractivity contribution in [1.29, 1.82) is 0 Å². The van der Waals surface area contributed by atoms with Gasteiger partial charge in [-0.2, -0.15) is 4.98 Å². The standard InChI is InChI=1S/C17H24N4O2S/c1-17(2,3)16-19-13(23-20-16)7-8-14(22)21-10-5-4-6-12(21)15-18-9-11-24-15/h9,11-12H,4-8,10H2,1-3H3. The lowest BCUT2D eigenvalue weighted by Gasteiger charge is -2.34. The monoisotopic (exact) mass is 348 g/mol. The maximum atomic E-state index is 12.7. The first kappa shape index (κ1) is 17.1. The highest BCUT2D eigenvalue weighted by Crippen LogP contribution is 2.32. The maximum Gasteiger partial charge on any atom is 0.227 e. The van der Waals surface area contributed by atoms with E-state index in [1.807, 2.05) is 37.2 Å². The molecule has 1 amide bonds. The van der Waals surface area contributed by atoms with Crippen LogP contribution >= 0.6 is 11.3 Å². The summed E-state index contributed by atoms with van der Waals surface area (Å²) in [5, 5.41) is 7.02. The number of hydrogen-bond donors (Lipinski definition) is 0. The second-order valence-corrected chi connectivity index (χ2v) is 8.16. The second kappa shape index (κ2) is 7.01. The molecule has 1 atom stereocenters. The molecule has 1 unspecified atom stereocenters. The zero-order valence-corrected chi connectivity index (χ0v) is 15.3. The number of carbonyl (C=O) groups excluding carboxylic acids is 1. The topological polar surface area (TPSA) is 72.1 Å². The van der Waals surface area contributed by atoms with Gasteiger partial charge < -0.3 is 9.42 Å². The Morgan fingerprint density at radius 1 is 1.42 bits per heavy atom. The molecule has 0 N–H and O–H groups in total. The summed E-state index contributed by atoms with van der Waals surface area (Å²) in [6.07, 6.45) is 5.89. The van der Waals surface area contributed by atoms with E-state index < -0.39 is 0 Å². The number of aromatic nitrogens is 3. The first-order valence-electron chi connectivity index (χ1n) is 8.47. The van der Waals surface area contributed by atoms with Gasteiger partial charge in [0.25, 0.3) is 0 Å². The van der Waals surface area contributed by atoms with E-state index in [1.54, 1.807) is 11.3 Å². The molecule has 24 heavy (non-hydrogen) atoms. The number of carbonyl (C=O) groups is 1. The Balaban J connectivity index is 1.62. The van der Waals surface area contributed by atoms with E-state index in [0.717, 1.165) is 30.8 Å². The molecule has 2 aromatic rings. The molecule has 0 aliphatic carbocycles. The Kier molecular flexibility index (Phi) is 4.99. The molecule has 1 saturated heterocycles. The minimum Gasteiger partial charge on any atom is -0.339 e. The molecule has 0 radical (unpaired) electrons. The fourth-order valence-electron chi connectivity index (χ4n) is 2.90. The molecule has 130 valence electrons. The third kappa shape index (κ3) is 3.83. The first-order valence-corrected chi connectivity index (χ1v) is 9.35. The summed E-state index contributed by atoms with van der Waals surface area (Å²) in [5.41, 5.74) is -0.144. The van der Waals surface area contributed by atoms with E-state index in [-0.39, 0.29) is 17.4 Å². The predicted octanol–water partition coefficient (Wildman–Crippen LogP) is 3.51. The number of amides is 1. The molecule has 1 aliphatic heterocycles. The van der Waals surface area contributed by atoms with Gasteiger partial charge in [0, 0.05) is 36.4 Å². The fraction of sp³-hybridized carbons (Fsp3) is 0.647. The molecular weight excluding hydrogens is 324 g/mol. The van der Waals surface area contributed by atoms with E-state index in [0.29, 0.717) is 24.6 Å². The van der Waals surface area contributed by atoms with Crippen LogP contribution < -0.4 is 0 Å². The smallest absolute Gasteiger partial charge is 0.227 e. The average Bonchev–Trinajstić information content (AvgIpc) is 3.23. The summed E-state index contributed by atoms with van der Waals surface area (Å²) in [6.45, 7) is 6.93. The molecule has 3 heterocycles. The van der Waals surface area contributed by atoms with Crippen LogP contribution in [0.1, 0.15) is 69.2 Å². The Labute approximate surface area is 146 Å². The number of aryl methyl sites for hydroxylation is 1. The molecule has 0 bridgehead atoms. The van der Waals surface area contributed by atoms with Crippen molar-refractivity contribution in [2.24, 2.45) is 0 Å². The Bertz CT molecular complexity index is 675. The number of hydrogen-bond acceptors (Lipinski definition) is 6. The minimum absolute atomic E-state index is 0.124. The normalized spacial score (nSPS) is 18.8. The summed E-state index contributed by atoms with van der Waals surface area (Å²) >= 11 is 1.63. The van der Waals surface area contributed by atoms with Gasteiger partial charge in [-0.3, -0.25) is 4.79 Å². The Hall–Kier alpha value is -1.76. The number of likely N-dealkylation sites (tertiary alicyclic amines) is 1. The zero-order valence-electron chi connectivity index (χ0n) is 14.5. The lowest BCUT2D eigenvalue weighted by molar-refractivity contribution is -0.135. The van der Waals surface area contributed by atoms with Gasteiger partial charge in [-0.05, 0) is 19.3 Å². The highest BCUT2D eigenvalue weighted by atomic mass is 32.1. The van der Waals surface area contributed by atoms with E-state index >= 15 is 0 Å². The molecule has 0 spiro atoms. The van der Waals surface area contributed by atoms with Crippen molar-refractivity contribution in [2.75, 3.05) is 6.54 Å². The lowest BCUT2D eigenvalue weighted by atomic mass is 9.96. The van der Waals surface area contributed by atoms with Crippen molar-refractivity contribution >= 4 is 17.2 Å². The Morgan fingerprint density at radius 3 is 2.92 bits per heavy atom. The Morgan fingerprint density at radius 2 is 2.25 bits per heavy atom.